The second-order valence-corrected chi connectivity index (χ2v) is 4.55. The fourth-order valence-electron chi connectivity index (χ4n) is 1.88. The number of anilines is 1. The second-order valence-electron chi connectivity index (χ2n) is 4.55. The second kappa shape index (κ2) is 6.18. The van der Waals surface area contributed by atoms with Crippen molar-refractivity contribution in [1.82, 2.24) is 5.32 Å². The number of carbonyl (C=O) groups excluding carboxylic acids is 3. The van der Waals surface area contributed by atoms with Crippen molar-refractivity contribution in [2.45, 2.75) is 32.3 Å². The van der Waals surface area contributed by atoms with E-state index in [9.17, 15) is 14.4 Å². The summed E-state index contributed by atoms with van der Waals surface area (Å²) in [6.45, 7) is 2.02. The van der Waals surface area contributed by atoms with E-state index in [0.717, 1.165) is 12.8 Å². The van der Waals surface area contributed by atoms with Gasteiger partial charge in [0, 0.05) is 17.7 Å². The molecule has 1 fully saturated rings. The van der Waals surface area contributed by atoms with Crippen LogP contribution >= 0.6 is 0 Å². The molecule has 1 aromatic carbocycles. The number of carbonyl (C=O) groups is 3. The summed E-state index contributed by atoms with van der Waals surface area (Å²) in [6.07, 6.45) is 0.654. The fraction of sp³-hybridized carbons (Fsp3) is 0.357. The molecule has 1 aliphatic heterocycles. The number of rotatable bonds is 5. The van der Waals surface area contributed by atoms with E-state index in [0.29, 0.717) is 17.7 Å². The van der Waals surface area contributed by atoms with Gasteiger partial charge in [-0.3, -0.25) is 14.9 Å². The first-order valence-corrected chi connectivity index (χ1v) is 6.51. The lowest BCUT2D eigenvalue weighted by Gasteiger charge is -2.08. The first kappa shape index (κ1) is 14.0. The monoisotopic (exact) mass is 276 g/mol. The number of alkyl carbamates (subject to hydrolysis) is 1. The molecule has 6 heteroatoms. The van der Waals surface area contributed by atoms with E-state index >= 15 is 0 Å². The van der Waals surface area contributed by atoms with Crippen molar-refractivity contribution >= 4 is 23.6 Å². The summed E-state index contributed by atoms with van der Waals surface area (Å²) in [5.74, 6) is -0.514. The van der Waals surface area contributed by atoms with Gasteiger partial charge in [0.05, 0.1) is 0 Å². The van der Waals surface area contributed by atoms with Crippen LogP contribution in [0.3, 0.4) is 0 Å². The first-order chi connectivity index (χ1) is 9.60. The van der Waals surface area contributed by atoms with Crippen molar-refractivity contribution in [3.63, 3.8) is 0 Å². The van der Waals surface area contributed by atoms with E-state index in [2.05, 4.69) is 10.6 Å². The molecule has 2 rings (SSSR count). The molecule has 0 spiro atoms. The van der Waals surface area contributed by atoms with Gasteiger partial charge in [0.2, 0.25) is 12.0 Å². The highest BCUT2D eigenvalue weighted by Crippen LogP contribution is 2.23. The third-order valence-corrected chi connectivity index (χ3v) is 2.94. The Morgan fingerprint density at radius 1 is 1.30 bits per heavy atom. The molecule has 6 nitrogen and oxygen atoms in total. The van der Waals surface area contributed by atoms with Gasteiger partial charge in [0.15, 0.2) is 0 Å². The number of hydrogen-bond acceptors (Lipinski definition) is 4. The van der Waals surface area contributed by atoms with Gasteiger partial charge in [-0.1, -0.05) is 25.5 Å². The van der Waals surface area contributed by atoms with E-state index in [1.54, 1.807) is 24.3 Å². The Morgan fingerprint density at radius 3 is 2.55 bits per heavy atom. The highest BCUT2D eigenvalue weighted by Gasteiger charge is 2.33. The quantitative estimate of drug-likeness (QED) is 0.862. The molecule has 20 heavy (non-hydrogen) atoms. The van der Waals surface area contributed by atoms with Crippen molar-refractivity contribution in [2.75, 3.05) is 5.32 Å². The summed E-state index contributed by atoms with van der Waals surface area (Å²) in [6, 6.07) is 6.66. The summed E-state index contributed by atoms with van der Waals surface area (Å²) in [7, 11) is 0. The van der Waals surface area contributed by atoms with Crippen LogP contribution < -0.4 is 10.6 Å². The van der Waals surface area contributed by atoms with E-state index < -0.39 is 18.1 Å². The van der Waals surface area contributed by atoms with Crippen molar-refractivity contribution < 1.29 is 19.1 Å². The molecule has 0 bridgehead atoms. The molecule has 106 valence electrons. The molecule has 0 radical (unpaired) electrons. The predicted octanol–water partition coefficient (Wildman–Crippen LogP) is 2.12. The predicted molar refractivity (Wildman–Crippen MR) is 72.0 cm³/mol. The number of nitrogens with one attached hydrogen (secondary N) is 2. The summed E-state index contributed by atoms with van der Waals surface area (Å²) in [5, 5.41) is 4.83. The van der Waals surface area contributed by atoms with Crippen LogP contribution in [-0.4, -0.2) is 17.9 Å². The minimum atomic E-state index is -0.910. The van der Waals surface area contributed by atoms with Crippen molar-refractivity contribution in [3.05, 3.63) is 29.8 Å². The summed E-state index contributed by atoms with van der Waals surface area (Å²) >= 11 is 0. The normalized spacial score (nSPS) is 17.6. The van der Waals surface area contributed by atoms with Gasteiger partial charge in [0.25, 0.3) is 5.91 Å². The standard InChI is InChI=1S/C14H16N2O4/c1-2-3-4-11(17)15-10-7-5-9(6-8-10)12-13(18)16-14(19)20-12/h5-8,12H,2-4H2,1H3,(H,15,17)(H,16,18,19). The number of ether oxygens (including phenoxy) is 1. The van der Waals surface area contributed by atoms with E-state index in [4.69, 9.17) is 4.74 Å². The third-order valence-electron chi connectivity index (χ3n) is 2.94. The van der Waals surface area contributed by atoms with Crippen LogP contribution in [0.15, 0.2) is 24.3 Å². The molecule has 3 amide bonds. The average molecular weight is 276 g/mol. The van der Waals surface area contributed by atoms with Crippen LogP contribution in [0.1, 0.15) is 37.9 Å². The van der Waals surface area contributed by atoms with E-state index in [1.165, 1.54) is 0 Å². The number of hydrogen-bond donors (Lipinski definition) is 2. The molecule has 1 unspecified atom stereocenters. The largest absolute Gasteiger partial charge is 0.431 e. The average Bonchev–Trinajstić information content (AvgIpc) is 2.76. The number of cyclic esters (lactones) is 1. The molecule has 0 aliphatic carbocycles. The number of unbranched alkanes of at least 4 members (excludes halogenated alkanes) is 1. The number of imide groups is 1. The van der Waals surface area contributed by atoms with Crippen LogP contribution in [0.2, 0.25) is 0 Å². The SMILES string of the molecule is CCCCC(=O)Nc1ccc(C2OC(=O)NC2=O)cc1. The van der Waals surface area contributed by atoms with Crippen LogP contribution in [0.5, 0.6) is 0 Å². The van der Waals surface area contributed by atoms with Gasteiger partial charge in [-0.25, -0.2) is 4.79 Å². The van der Waals surface area contributed by atoms with Gasteiger partial charge < -0.3 is 10.1 Å². The number of benzene rings is 1. The fourth-order valence-corrected chi connectivity index (χ4v) is 1.88. The zero-order chi connectivity index (χ0) is 14.5. The van der Waals surface area contributed by atoms with Crippen LogP contribution in [-0.2, 0) is 14.3 Å². The Labute approximate surface area is 116 Å². The van der Waals surface area contributed by atoms with Crippen LogP contribution in [0.25, 0.3) is 0 Å². The summed E-state index contributed by atoms with van der Waals surface area (Å²) < 4.78 is 4.85. The summed E-state index contributed by atoms with van der Waals surface area (Å²) in [4.78, 5) is 33.9. The van der Waals surface area contributed by atoms with Gasteiger partial charge in [-0.15, -0.1) is 0 Å². The minimum absolute atomic E-state index is 0.0374. The van der Waals surface area contributed by atoms with Crippen molar-refractivity contribution in [1.29, 1.82) is 0 Å². The highest BCUT2D eigenvalue weighted by atomic mass is 16.6. The molecule has 0 aromatic heterocycles. The maximum Gasteiger partial charge on any atom is 0.415 e. The van der Waals surface area contributed by atoms with Crippen LogP contribution in [0, 0.1) is 0 Å². The smallest absolute Gasteiger partial charge is 0.415 e. The molecular formula is C14H16N2O4. The van der Waals surface area contributed by atoms with Gasteiger partial charge >= 0.3 is 6.09 Å². The van der Waals surface area contributed by atoms with E-state index in [-0.39, 0.29) is 5.91 Å². The van der Waals surface area contributed by atoms with Crippen molar-refractivity contribution in [2.24, 2.45) is 0 Å². The molecule has 1 aromatic rings. The Kier molecular flexibility index (Phi) is 4.34. The summed E-state index contributed by atoms with van der Waals surface area (Å²) in [5.41, 5.74) is 1.22. The zero-order valence-corrected chi connectivity index (χ0v) is 11.1. The molecule has 1 heterocycles. The molecular weight excluding hydrogens is 260 g/mol. The molecule has 1 saturated heterocycles. The number of amides is 3. The van der Waals surface area contributed by atoms with Crippen LogP contribution in [0.4, 0.5) is 10.5 Å². The lowest BCUT2D eigenvalue weighted by atomic mass is 10.1. The Morgan fingerprint density at radius 2 is 2.00 bits per heavy atom. The van der Waals surface area contributed by atoms with Gasteiger partial charge in [-0.05, 0) is 18.6 Å². The molecule has 0 saturated carbocycles. The minimum Gasteiger partial charge on any atom is -0.431 e. The first-order valence-electron chi connectivity index (χ1n) is 6.51. The topological polar surface area (TPSA) is 84.5 Å². The van der Waals surface area contributed by atoms with Crippen molar-refractivity contribution in [3.8, 4) is 0 Å². The Bertz CT molecular complexity index is 524. The lowest BCUT2D eigenvalue weighted by molar-refractivity contribution is -0.123. The zero-order valence-electron chi connectivity index (χ0n) is 11.1. The maximum absolute atomic E-state index is 11.6. The highest BCUT2D eigenvalue weighted by molar-refractivity contribution is 6.00. The maximum atomic E-state index is 11.6. The molecule has 1 aliphatic rings. The Hall–Kier alpha value is -2.37. The third kappa shape index (κ3) is 3.34. The molecule has 2 N–H and O–H groups in total. The molecule has 1 atom stereocenters. The van der Waals surface area contributed by atoms with Gasteiger partial charge in [0.1, 0.15) is 0 Å². The van der Waals surface area contributed by atoms with E-state index in [1.807, 2.05) is 6.92 Å². The lowest BCUT2D eigenvalue weighted by Crippen LogP contribution is -2.20. The van der Waals surface area contributed by atoms with Gasteiger partial charge in [-0.2, -0.15) is 0 Å². The Balaban J connectivity index is 1.98.